The average Bonchev–Trinajstić information content (AvgIpc) is 2.86. The van der Waals surface area contributed by atoms with Crippen molar-refractivity contribution in [3.63, 3.8) is 0 Å². The second-order valence-corrected chi connectivity index (χ2v) is 4.46. The molecule has 6 nitrogen and oxygen atoms in total. The monoisotopic (exact) mass is 239 g/mol. The Bertz CT molecular complexity index is 422. The van der Waals surface area contributed by atoms with Crippen molar-refractivity contribution in [3.05, 3.63) is 17.5 Å². The molecule has 2 N–H and O–H groups in total. The van der Waals surface area contributed by atoms with E-state index in [0.29, 0.717) is 19.4 Å². The molecule has 1 aromatic heterocycles. The van der Waals surface area contributed by atoms with Crippen LogP contribution < -0.4 is 5.32 Å². The van der Waals surface area contributed by atoms with Gasteiger partial charge in [-0.2, -0.15) is 5.10 Å². The third-order valence-electron chi connectivity index (χ3n) is 3.10. The second-order valence-electron chi connectivity index (χ2n) is 4.46. The number of aromatic nitrogens is 2. The van der Waals surface area contributed by atoms with Crippen LogP contribution >= 0.6 is 0 Å². The minimum Gasteiger partial charge on any atom is -0.464 e. The molecule has 0 amide bonds. The summed E-state index contributed by atoms with van der Waals surface area (Å²) >= 11 is 0. The number of nitrogens with one attached hydrogen (secondary N) is 1. The maximum absolute atomic E-state index is 11.3. The number of hydrogen-bond acceptors (Lipinski definition) is 5. The van der Waals surface area contributed by atoms with Gasteiger partial charge in [-0.15, -0.1) is 0 Å². The number of carbonyl (C=O) groups excluding carboxylic acids is 1. The van der Waals surface area contributed by atoms with Crippen molar-refractivity contribution >= 4 is 5.97 Å². The fourth-order valence-electron chi connectivity index (χ4n) is 2.09. The molecule has 1 aliphatic heterocycles. The van der Waals surface area contributed by atoms with E-state index in [1.165, 1.54) is 7.11 Å². The molecule has 0 radical (unpaired) electrons. The van der Waals surface area contributed by atoms with E-state index in [9.17, 15) is 9.90 Å². The Labute approximate surface area is 99.6 Å². The third kappa shape index (κ3) is 2.48. The van der Waals surface area contributed by atoms with Crippen molar-refractivity contribution in [1.29, 1.82) is 0 Å². The van der Waals surface area contributed by atoms with Crippen molar-refractivity contribution in [2.75, 3.05) is 20.2 Å². The Morgan fingerprint density at radius 3 is 3.12 bits per heavy atom. The molecule has 0 aliphatic carbocycles. The van der Waals surface area contributed by atoms with Crippen molar-refractivity contribution in [3.8, 4) is 0 Å². The maximum atomic E-state index is 11.3. The van der Waals surface area contributed by atoms with E-state index in [2.05, 4.69) is 15.2 Å². The Balaban J connectivity index is 2.16. The highest BCUT2D eigenvalue weighted by Gasteiger charge is 2.32. The van der Waals surface area contributed by atoms with Crippen LogP contribution in [0.3, 0.4) is 0 Å². The first-order chi connectivity index (χ1) is 8.04. The number of carbonyl (C=O) groups is 1. The summed E-state index contributed by atoms with van der Waals surface area (Å²) in [6.07, 6.45) is 1.20. The topological polar surface area (TPSA) is 76.4 Å². The fraction of sp³-hybridized carbons (Fsp3) is 0.636. The molecule has 6 heteroatoms. The van der Waals surface area contributed by atoms with Crippen molar-refractivity contribution in [1.82, 2.24) is 15.1 Å². The minimum atomic E-state index is -0.735. The first-order valence-electron chi connectivity index (χ1n) is 5.58. The number of nitrogens with zero attached hydrogens (tertiary/aromatic N) is 2. The molecule has 1 fully saturated rings. The zero-order valence-electron chi connectivity index (χ0n) is 10.1. The van der Waals surface area contributed by atoms with Crippen LogP contribution in [-0.4, -0.2) is 46.7 Å². The van der Waals surface area contributed by atoms with E-state index in [4.69, 9.17) is 0 Å². The molecule has 1 aliphatic rings. The highest BCUT2D eigenvalue weighted by atomic mass is 16.5. The molecular weight excluding hydrogens is 222 g/mol. The van der Waals surface area contributed by atoms with Crippen LogP contribution in [0.2, 0.25) is 0 Å². The molecular formula is C11H17N3O3. The lowest BCUT2D eigenvalue weighted by atomic mass is 9.97. The Hall–Kier alpha value is -1.40. The molecule has 2 rings (SSSR count). The first-order valence-corrected chi connectivity index (χ1v) is 5.58. The lowest BCUT2D eigenvalue weighted by Gasteiger charge is -2.20. The molecule has 0 saturated carbocycles. The standard InChI is InChI=1S/C11H17N3O3/c1-14-8(5-9(13-14)10(15)17-2)6-11(16)3-4-12-7-11/h5,12,16H,3-4,6-7H2,1-2H3. The minimum absolute atomic E-state index is 0.277. The first kappa shape index (κ1) is 12.1. The van der Waals surface area contributed by atoms with Gasteiger partial charge in [-0.1, -0.05) is 0 Å². The van der Waals surface area contributed by atoms with Gasteiger partial charge in [-0.3, -0.25) is 4.68 Å². The third-order valence-corrected chi connectivity index (χ3v) is 3.10. The van der Waals surface area contributed by atoms with Crippen LogP contribution in [0.4, 0.5) is 0 Å². The molecule has 1 unspecified atom stereocenters. The smallest absolute Gasteiger partial charge is 0.358 e. The maximum Gasteiger partial charge on any atom is 0.358 e. The number of methoxy groups -OCH3 is 1. The number of hydrogen-bond donors (Lipinski definition) is 2. The summed E-state index contributed by atoms with van der Waals surface area (Å²) in [4.78, 5) is 11.3. The average molecular weight is 239 g/mol. The normalized spacial score (nSPS) is 23.9. The summed E-state index contributed by atoms with van der Waals surface area (Å²) in [6.45, 7) is 1.39. The van der Waals surface area contributed by atoms with Crippen LogP contribution in [0, 0.1) is 0 Å². The molecule has 94 valence electrons. The van der Waals surface area contributed by atoms with Gasteiger partial charge in [0.1, 0.15) is 0 Å². The van der Waals surface area contributed by atoms with Gasteiger partial charge in [0.2, 0.25) is 0 Å². The number of aliphatic hydroxyl groups is 1. The Morgan fingerprint density at radius 1 is 1.76 bits per heavy atom. The van der Waals surface area contributed by atoms with Gasteiger partial charge in [0, 0.05) is 25.7 Å². The summed E-state index contributed by atoms with van der Waals surface area (Å²) < 4.78 is 6.22. The quantitative estimate of drug-likeness (QED) is 0.694. The molecule has 0 aromatic carbocycles. The van der Waals surface area contributed by atoms with E-state index < -0.39 is 11.6 Å². The van der Waals surface area contributed by atoms with Crippen molar-refractivity contribution in [2.45, 2.75) is 18.4 Å². The lowest BCUT2D eigenvalue weighted by Crippen LogP contribution is -2.34. The summed E-state index contributed by atoms with van der Waals surface area (Å²) in [7, 11) is 3.08. The summed E-state index contributed by atoms with van der Waals surface area (Å²) in [5, 5.41) is 17.4. The van der Waals surface area contributed by atoms with Crippen molar-refractivity contribution < 1.29 is 14.6 Å². The van der Waals surface area contributed by atoms with Crippen LogP contribution in [-0.2, 0) is 18.2 Å². The van der Waals surface area contributed by atoms with Crippen molar-refractivity contribution in [2.24, 2.45) is 7.05 Å². The summed E-state index contributed by atoms with van der Waals surface area (Å²) in [6, 6.07) is 1.67. The number of esters is 1. The van der Waals surface area contributed by atoms with Crippen LogP contribution in [0.15, 0.2) is 6.07 Å². The molecule has 0 spiro atoms. The van der Waals surface area contributed by atoms with E-state index in [1.54, 1.807) is 17.8 Å². The Morgan fingerprint density at radius 2 is 2.53 bits per heavy atom. The largest absolute Gasteiger partial charge is 0.464 e. The van der Waals surface area contributed by atoms with Gasteiger partial charge >= 0.3 is 5.97 Å². The van der Waals surface area contributed by atoms with E-state index >= 15 is 0 Å². The predicted molar refractivity (Wildman–Crippen MR) is 60.7 cm³/mol. The molecule has 0 bridgehead atoms. The van der Waals surface area contributed by atoms with Gasteiger partial charge in [0.05, 0.1) is 12.7 Å². The van der Waals surface area contributed by atoms with Crippen LogP contribution in [0.1, 0.15) is 22.6 Å². The lowest BCUT2D eigenvalue weighted by molar-refractivity contribution is 0.0587. The number of aryl methyl sites for hydroxylation is 1. The number of ether oxygens (including phenoxy) is 1. The Kier molecular flexibility index (Phi) is 3.17. The van der Waals surface area contributed by atoms with Gasteiger partial charge in [0.25, 0.3) is 0 Å². The summed E-state index contributed by atoms with van der Waals surface area (Å²) in [5.41, 5.74) is 0.373. The molecule has 1 atom stereocenters. The van der Waals surface area contributed by atoms with E-state index in [0.717, 1.165) is 12.2 Å². The SMILES string of the molecule is COC(=O)c1cc(CC2(O)CCNC2)n(C)n1. The predicted octanol–water partition coefficient (Wildman–Crippen LogP) is -0.526. The van der Waals surface area contributed by atoms with E-state index in [-0.39, 0.29) is 5.69 Å². The zero-order valence-corrected chi connectivity index (χ0v) is 10.1. The fourth-order valence-corrected chi connectivity index (χ4v) is 2.09. The van der Waals surface area contributed by atoms with Crippen LogP contribution in [0.25, 0.3) is 0 Å². The molecule has 1 aromatic rings. The number of rotatable bonds is 3. The molecule has 2 heterocycles. The number of β-amino-alcohol motifs (C(OH)–C–C–N with tert-alkyl or cyclic N) is 1. The summed E-state index contributed by atoms with van der Waals surface area (Å²) in [5.74, 6) is -0.455. The molecule has 17 heavy (non-hydrogen) atoms. The highest BCUT2D eigenvalue weighted by Crippen LogP contribution is 2.20. The van der Waals surface area contributed by atoms with Crippen LogP contribution in [0.5, 0.6) is 0 Å². The highest BCUT2D eigenvalue weighted by molar-refractivity contribution is 5.87. The zero-order chi connectivity index (χ0) is 12.5. The van der Waals surface area contributed by atoms with Gasteiger partial charge < -0.3 is 15.2 Å². The van der Waals surface area contributed by atoms with E-state index in [1.807, 2.05) is 0 Å². The van der Waals surface area contributed by atoms with Gasteiger partial charge in [0.15, 0.2) is 5.69 Å². The molecule has 1 saturated heterocycles. The van der Waals surface area contributed by atoms with Gasteiger partial charge in [-0.05, 0) is 19.0 Å². The van der Waals surface area contributed by atoms with Gasteiger partial charge in [-0.25, -0.2) is 4.79 Å². The second kappa shape index (κ2) is 4.46.